The number of halogens is 1. The quantitative estimate of drug-likeness (QED) is 0.499. The second-order valence-corrected chi connectivity index (χ2v) is 7.50. The molecular weight excluding hydrogens is 402 g/mol. The van der Waals surface area contributed by atoms with Crippen LogP contribution < -0.4 is 20.4 Å². The standard InChI is InChI=1S/C19H12ClN3O4S/c20-12-2-4-14-11(6-12)7-13(18(24)27-14)17-22-23-19(28-17)21-8-10-1-3-15-16(5-10)26-9-25-15/h1-7H,8-9H2,(H,21,23). The zero-order valence-corrected chi connectivity index (χ0v) is 15.8. The molecule has 0 unspecified atom stereocenters. The first-order valence-corrected chi connectivity index (χ1v) is 9.55. The van der Waals surface area contributed by atoms with Gasteiger partial charge in [0.05, 0.1) is 5.56 Å². The molecule has 3 heterocycles. The number of nitrogens with one attached hydrogen (secondary N) is 1. The predicted octanol–water partition coefficient (Wildman–Crippen LogP) is 4.31. The minimum absolute atomic E-state index is 0.242. The molecular formula is C19H12ClN3O4S. The number of aromatic nitrogens is 2. The van der Waals surface area contributed by atoms with E-state index < -0.39 is 5.63 Å². The molecule has 7 nitrogen and oxygen atoms in total. The Balaban J connectivity index is 1.38. The monoisotopic (exact) mass is 413 g/mol. The van der Waals surface area contributed by atoms with Gasteiger partial charge in [-0.25, -0.2) is 4.79 Å². The average Bonchev–Trinajstić information content (AvgIpc) is 3.35. The number of hydrogen-bond donors (Lipinski definition) is 1. The summed E-state index contributed by atoms with van der Waals surface area (Å²) in [6.45, 7) is 0.777. The molecule has 1 aliphatic rings. The van der Waals surface area contributed by atoms with Crippen molar-refractivity contribution in [1.82, 2.24) is 10.2 Å². The summed E-state index contributed by atoms with van der Waals surface area (Å²) < 4.78 is 16.0. The van der Waals surface area contributed by atoms with E-state index in [-0.39, 0.29) is 6.79 Å². The number of fused-ring (bicyclic) bond motifs is 2. The number of anilines is 1. The molecule has 0 atom stereocenters. The van der Waals surface area contributed by atoms with Crippen LogP contribution >= 0.6 is 22.9 Å². The molecule has 4 aromatic rings. The van der Waals surface area contributed by atoms with Gasteiger partial charge in [-0.3, -0.25) is 0 Å². The van der Waals surface area contributed by atoms with E-state index >= 15 is 0 Å². The number of benzene rings is 2. The van der Waals surface area contributed by atoms with Crippen LogP contribution in [0.2, 0.25) is 5.02 Å². The lowest BCUT2D eigenvalue weighted by Crippen LogP contribution is -2.02. The second-order valence-electron chi connectivity index (χ2n) is 6.08. The van der Waals surface area contributed by atoms with Gasteiger partial charge in [0, 0.05) is 17.0 Å². The maximum atomic E-state index is 12.3. The van der Waals surface area contributed by atoms with Crippen molar-refractivity contribution in [3.63, 3.8) is 0 Å². The molecule has 0 aliphatic carbocycles. The fraction of sp³-hybridized carbons (Fsp3) is 0.105. The Morgan fingerprint density at radius 3 is 2.89 bits per heavy atom. The Bertz CT molecular complexity index is 1250. The maximum absolute atomic E-state index is 12.3. The second kappa shape index (κ2) is 6.81. The minimum Gasteiger partial charge on any atom is -0.454 e. The topological polar surface area (TPSA) is 86.5 Å². The summed E-state index contributed by atoms with van der Waals surface area (Å²) in [4.78, 5) is 12.3. The Hall–Kier alpha value is -3.10. The highest BCUT2D eigenvalue weighted by Gasteiger charge is 2.15. The molecule has 0 fully saturated rings. The van der Waals surface area contributed by atoms with Gasteiger partial charge in [-0.2, -0.15) is 0 Å². The summed E-state index contributed by atoms with van der Waals surface area (Å²) in [7, 11) is 0. The molecule has 28 heavy (non-hydrogen) atoms. The molecule has 0 bridgehead atoms. The van der Waals surface area contributed by atoms with Crippen molar-refractivity contribution in [1.29, 1.82) is 0 Å². The summed E-state index contributed by atoms with van der Waals surface area (Å²) in [6, 6.07) is 12.5. The first-order valence-electron chi connectivity index (χ1n) is 8.35. The number of hydrogen-bond acceptors (Lipinski definition) is 8. The van der Waals surface area contributed by atoms with Crippen LogP contribution in [-0.2, 0) is 6.54 Å². The summed E-state index contributed by atoms with van der Waals surface area (Å²) >= 11 is 7.30. The SMILES string of the molecule is O=c1oc2ccc(Cl)cc2cc1-c1nnc(NCc2ccc3c(c2)OCO3)s1. The largest absolute Gasteiger partial charge is 0.454 e. The van der Waals surface area contributed by atoms with Crippen LogP contribution in [0, 0.1) is 0 Å². The zero-order valence-electron chi connectivity index (χ0n) is 14.3. The van der Waals surface area contributed by atoms with Crippen LogP contribution in [0.1, 0.15) is 5.56 Å². The van der Waals surface area contributed by atoms with Gasteiger partial charge in [0.2, 0.25) is 11.9 Å². The number of rotatable bonds is 4. The molecule has 2 aromatic carbocycles. The summed E-state index contributed by atoms with van der Waals surface area (Å²) in [5.41, 5.74) is 1.38. The minimum atomic E-state index is -0.465. The van der Waals surface area contributed by atoms with Crippen LogP contribution in [0.25, 0.3) is 21.5 Å². The maximum Gasteiger partial charge on any atom is 0.346 e. The van der Waals surface area contributed by atoms with Gasteiger partial charge in [0.25, 0.3) is 0 Å². The summed E-state index contributed by atoms with van der Waals surface area (Å²) in [5, 5.41) is 13.8. The summed E-state index contributed by atoms with van der Waals surface area (Å²) in [5.74, 6) is 1.47. The van der Waals surface area contributed by atoms with Crippen molar-refractivity contribution in [3.8, 4) is 22.1 Å². The third kappa shape index (κ3) is 3.17. The van der Waals surface area contributed by atoms with Crippen molar-refractivity contribution < 1.29 is 13.9 Å². The van der Waals surface area contributed by atoms with E-state index in [2.05, 4.69) is 15.5 Å². The molecule has 2 aromatic heterocycles. The normalized spacial score (nSPS) is 12.5. The Kier molecular flexibility index (Phi) is 4.14. The molecule has 0 spiro atoms. The van der Waals surface area contributed by atoms with Gasteiger partial charge in [-0.1, -0.05) is 29.0 Å². The van der Waals surface area contributed by atoms with Gasteiger partial charge in [0.1, 0.15) is 5.58 Å². The van der Waals surface area contributed by atoms with Crippen LogP contribution in [0.4, 0.5) is 5.13 Å². The molecule has 140 valence electrons. The fourth-order valence-electron chi connectivity index (χ4n) is 2.88. The lowest BCUT2D eigenvalue weighted by molar-refractivity contribution is 0.174. The Morgan fingerprint density at radius 2 is 1.96 bits per heavy atom. The van der Waals surface area contributed by atoms with Gasteiger partial charge in [-0.15, -0.1) is 10.2 Å². The average molecular weight is 414 g/mol. The first kappa shape index (κ1) is 17.0. The lowest BCUT2D eigenvalue weighted by Gasteiger charge is -2.03. The Morgan fingerprint density at radius 1 is 1.07 bits per heavy atom. The van der Waals surface area contributed by atoms with Gasteiger partial charge in [-0.05, 0) is 42.0 Å². The van der Waals surface area contributed by atoms with Crippen LogP contribution in [0.5, 0.6) is 11.5 Å². The van der Waals surface area contributed by atoms with Crippen LogP contribution in [-0.4, -0.2) is 17.0 Å². The number of ether oxygens (including phenoxy) is 2. The van der Waals surface area contributed by atoms with Gasteiger partial charge in [0.15, 0.2) is 16.5 Å². The van der Waals surface area contributed by atoms with E-state index in [0.29, 0.717) is 32.9 Å². The predicted molar refractivity (Wildman–Crippen MR) is 106 cm³/mol. The van der Waals surface area contributed by atoms with Crippen LogP contribution in [0.3, 0.4) is 0 Å². The molecule has 0 radical (unpaired) electrons. The van der Waals surface area contributed by atoms with E-state index in [0.717, 1.165) is 22.4 Å². The zero-order chi connectivity index (χ0) is 19.1. The van der Waals surface area contributed by atoms with E-state index in [1.54, 1.807) is 24.3 Å². The fourth-order valence-corrected chi connectivity index (χ4v) is 3.80. The van der Waals surface area contributed by atoms with Crippen molar-refractivity contribution >= 4 is 39.0 Å². The van der Waals surface area contributed by atoms with Gasteiger partial charge >= 0.3 is 5.63 Å². The molecule has 5 rings (SSSR count). The lowest BCUT2D eigenvalue weighted by atomic mass is 10.2. The molecule has 1 N–H and O–H groups in total. The molecule has 0 amide bonds. The van der Waals surface area contributed by atoms with Crippen LogP contribution in [0.15, 0.2) is 51.7 Å². The third-order valence-corrected chi connectivity index (χ3v) is 5.38. The highest BCUT2D eigenvalue weighted by atomic mass is 35.5. The molecule has 1 aliphatic heterocycles. The van der Waals surface area contributed by atoms with Crippen molar-refractivity contribution in [2.24, 2.45) is 0 Å². The van der Waals surface area contributed by atoms with E-state index in [9.17, 15) is 4.79 Å². The van der Waals surface area contributed by atoms with Crippen molar-refractivity contribution in [2.75, 3.05) is 12.1 Å². The van der Waals surface area contributed by atoms with E-state index in [1.807, 2.05) is 18.2 Å². The highest BCUT2D eigenvalue weighted by molar-refractivity contribution is 7.18. The summed E-state index contributed by atoms with van der Waals surface area (Å²) in [6.07, 6.45) is 0. The Labute approximate surface area is 167 Å². The highest BCUT2D eigenvalue weighted by Crippen LogP contribution is 2.33. The van der Waals surface area contributed by atoms with Crippen molar-refractivity contribution in [3.05, 3.63) is 63.5 Å². The molecule has 9 heteroatoms. The first-order chi connectivity index (χ1) is 13.7. The van der Waals surface area contributed by atoms with Crippen molar-refractivity contribution in [2.45, 2.75) is 6.54 Å². The number of nitrogens with zero attached hydrogens (tertiary/aromatic N) is 2. The molecule has 0 saturated carbocycles. The third-order valence-electron chi connectivity index (χ3n) is 4.23. The van der Waals surface area contributed by atoms with Gasteiger partial charge < -0.3 is 19.2 Å². The van der Waals surface area contributed by atoms with E-state index in [4.69, 9.17) is 25.5 Å². The van der Waals surface area contributed by atoms with E-state index in [1.165, 1.54) is 11.3 Å². The molecule has 0 saturated heterocycles. The smallest absolute Gasteiger partial charge is 0.346 e.